The highest BCUT2D eigenvalue weighted by Gasteiger charge is 2.53. The third-order valence-electron chi connectivity index (χ3n) is 13.9. The first-order valence-corrected chi connectivity index (χ1v) is 25.3. The lowest BCUT2D eigenvalue weighted by atomic mass is 9.80. The number of carbonyl (C=O) groups excluding carboxylic acids is 1. The van der Waals surface area contributed by atoms with Crippen LogP contribution < -0.4 is 38.9 Å². The second-order valence-corrected chi connectivity index (χ2v) is 21.6. The van der Waals surface area contributed by atoms with E-state index in [1.165, 1.54) is 0 Å². The lowest BCUT2D eigenvalue weighted by Crippen LogP contribution is -2.68. The molecular weight excluding hydrogens is 931 g/mol. The summed E-state index contributed by atoms with van der Waals surface area (Å²) < 4.78 is 53.0. The minimum Gasteiger partial charge on any atom is -0.468 e. The molecule has 0 aromatic rings. The van der Waals surface area contributed by atoms with E-state index in [1.807, 2.05) is 26.0 Å². The monoisotopic (exact) mass is 1020 g/mol. The fourth-order valence-corrected chi connectivity index (χ4v) is 10.2. The topological polar surface area (TPSA) is 362 Å². The van der Waals surface area contributed by atoms with Gasteiger partial charge in [-0.25, -0.2) is 4.79 Å². The van der Waals surface area contributed by atoms with Gasteiger partial charge in [-0.2, -0.15) is 0 Å². The summed E-state index contributed by atoms with van der Waals surface area (Å²) in [6.45, 7) is 14.4. The van der Waals surface area contributed by atoms with E-state index in [9.17, 15) is 35.4 Å². The number of carbonyl (C=O) groups is 1. The maximum Gasteiger partial charge on any atom is 0.408 e. The summed E-state index contributed by atoms with van der Waals surface area (Å²) in [6, 6.07) is -4.06. The van der Waals surface area contributed by atoms with Crippen LogP contribution in [0.5, 0.6) is 0 Å². The van der Waals surface area contributed by atoms with Gasteiger partial charge in [0.25, 0.3) is 0 Å². The van der Waals surface area contributed by atoms with Crippen molar-refractivity contribution in [3.05, 3.63) is 23.7 Å². The van der Waals surface area contributed by atoms with Crippen molar-refractivity contribution in [2.75, 3.05) is 27.3 Å². The van der Waals surface area contributed by atoms with Crippen LogP contribution >= 0.6 is 0 Å². The maximum atomic E-state index is 12.5. The van der Waals surface area contributed by atoms with Gasteiger partial charge in [0.2, 0.25) is 12.6 Å². The molecule has 0 bridgehead atoms. The first kappa shape index (κ1) is 59.5. The number of nitrogens with two attached hydrogens (primary N) is 4. The molecule has 412 valence electrons. The molecule has 0 unspecified atom stereocenters. The van der Waals surface area contributed by atoms with Crippen LogP contribution in [0, 0.1) is 5.92 Å². The minimum atomic E-state index is -1.31. The Morgan fingerprint density at radius 3 is 1.55 bits per heavy atom. The molecule has 2 saturated heterocycles. The van der Waals surface area contributed by atoms with Crippen molar-refractivity contribution in [3.63, 3.8) is 0 Å². The van der Waals surface area contributed by atoms with E-state index in [2.05, 4.69) is 22.9 Å². The summed E-state index contributed by atoms with van der Waals surface area (Å²) in [5, 5.41) is 73.6. The number of amides is 1. The largest absolute Gasteiger partial charge is 0.468 e. The van der Waals surface area contributed by atoms with Gasteiger partial charge in [-0.3, -0.25) is 0 Å². The van der Waals surface area contributed by atoms with Gasteiger partial charge in [-0.1, -0.05) is 20.8 Å². The molecule has 23 heteroatoms. The number of allylic oxidation sites excluding steroid dienone is 2. The van der Waals surface area contributed by atoms with Gasteiger partial charge in [0.1, 0.15) is 59.5 Å². The number of ether oxygens (including phenoxy) is 9. The number of hydrogen-bond acceptors (Lipinski definition) is 22. The van der Waals surface area contributed by atoms with Gasteiger partial charge in [-0.15, -0.1) is 0 Å². The summed E-state index contributed by atoms with van der Waals surface area (Å²) >= 11 is 0. The Hall–Kier alpha value is -2.37. The summed E-state index contributed by atoms with van der Waals surface area (Å²) in [5.41, 5.74) is 21.8. The van der Waals surface area contributed by atoms with Crippen molar-refractivity contribution >= 4 is 6.09 Å². The molecule has 2 aliphatic carbocycles. The summed E-state index contributed by atoms with van der Waals surface area (Å²) in [4.78, 5) is 12.5. The van der Waals surface area contributed by atoms with Crippen LogP contribution in [0.15, 0.2) is 23.7 Å². The predicted octanol–water partition coefficient (Wildman–Crippen LogP) is -1.15. The number of aliphatic hydroxyl groups excluding tert-OH is 4. The molecular formula is C48H89N7O16. The highest BCUT2D eigenvalue weighted by Crippen LogP contribution is 2.36. The third-order valence-corrected chi connectivity index (χ3v) is 13.9. The quantitative estimate of drug-likeness (QED) is 0.0921. The van der Waals surface area contributed by atoms with Crippen molar-refractivity contribution < 1.29 is 78.1 Å². The fourth-order valence-electron chi connectivity index (χ4n) is 10.2. The van der Waals surface area contributed by atoms with Crippen LogP contribution in [-0.4, -0.2) is 197 Å². The Balaban J connectivity index is 0.000000269. The summed E-state index contributed by atoms with van der Waals surface area (Å²) in [6.07, 6.45) is -3.55. The smallest absolute Gasteiger partial charge is 0.408 e. The van der Waals surface area contributed by atoms with Gasteiger partial charge < -0.3 is 112 Å². The number of rotatable bonds is 15. The molecule has 4 aliphatic heterocycles. The Morgan fingerprint density at radius 1 is 0.662 bits per heavy atom. The Morgan fingerprint density at radius 2 is 1.08 bits per heavy atom. The van der Waals surface area contributed by atoms with Crippen LogP contribution in [0.1, 0.15) is 107 Å². The van der Waals surface area contributed by atoms with Crippen molar-refractivity contribution in [3.8, 4) is 0 Å². The van der Waals surface area contributed by atoms with Gasteiger partial charge >= 0.3 is 6.09 Å². The zero-order valence-electron chi connectivity index (χ0n) is 43.3. The predicted molar refractivity (Wildman–Crippen MR) is 258 cm³/mol. The van der Waals surface area contributed by atoms with Crippen molar-refractivity contribution in [1.29, 1.82) is 0 Å². The molecule has 71 heavy (non-hydrogen) atoms. The van der Waals surface area contributed by atoms with E-state index in [0.717, 1.165) is 30.8 Å². The Labute approximate surface area is 418 Å². The number of alkyl carbamates (subject to hydrolysis) is 1. The molecule has 4 heterocycles. The molecule has 4 fully saturated rings. The normalized spacial score (nSPS) is 44.2. The number of aliphatic hydroxyl groups is 6. The van der Waals surface area contributed by atoms with E-state index in [-0.39, 0.29) is 19.1 Å². The third kappa shape index (κ3) is 15.2. The van der Waals surface area contributed by atoms with Gasteiger partial charge in [0.05, 0.1) is 55.0 Å². The highest BCUT2D eigenvalue weighted by molar-refractivity contribution is 5.68. The van der Waals surface area contributed by atoms with E-state index >= 15 is 0 Å². The van der Waals surface area contributed by atoms with Gasteiger partial charge in [0.15, 0.2) is 12.6 Å². The fraction of sp³-hybridized carbons (Fsp3) is 0.896. The molecule has 1 amide bonds. The van der Waals surface area contributed by atoms with Crippen LogP contribution in [0.4, 0.5) is 4.79 Å². The van der Waals surface area contributed by atoms with Crippen LogP contribution in [0.25, 0.3) is 0 Å². The summed E-state index contributed by atoms with van der Waals surface area (Å²) in [5.74, 6) is 1.41. The number of hydrogen-bond donors (Lipinski definition) is 13. The second kappa shape index (κ2) is 25.4. The Kier molecular flexibility index (Phi) is 21.3. The van der Waals surface area contributed by atoms with Gasteiger partial charge in [-0.05, 0) is 105 Å². The van der Waals surface area contributed by atoms with Crippen LogP contribution in [0.3, 0.4) is 0 Å². The lowest BCUT2D eigenvalue weighted by Gasteiger charge is -2.48. The molecule has 6 rings (SSSR count). The van der Waals surface area contributed by atoms with Crippen molar-refractivity contribution in [2.45, 2.75) is 240 Å². The average molecular weight is 1020 g/mol. The average Bonchev–Trinajstić information content (AvgIpc) is 3.27. The molecule has 23 nitrogen and oxygen atoms in total. The molecule has 0 aromatic carbocycles. The second-order valence-electron chi connectivity index (χ2n) is 21.6. The zero-order chi connectivity index (χ0) is 52.7. The zero-order valence-corrected chi connectivity index (χ0v) is 43.3. The van der Waals surface area contributed by atoms with Crippen molar-refractivity contribution in [2.24, 2.45) is 28.9 Å². The number of nitrogens with one attached hydrogen (secondary N) is 3. The minimum absolute atomic E-state index is 0.0605. The molecule has 2 saturated carbocycles. The number of likely N-dealkylation sites (N-methyl/N-ethyl adjacent to an activating group) is 2. The van der Waals surface area contributed by atoms with E-state index < -0.39 is 139 Å². The van der Waals surface area contributed by atoms with Crippen LogP contribution in [-0.2, 0) is 42.6 Å². The van der Waals surface area contributed by atoms with E-state index in [0.29, 0.717) is 32.1 Å². The molecule has 17 N–H and O–H groups in total. The van der Waals surface area contributed by atoms with Gasteiger partial charge in [0, 0.05) is 31.0 Å². The summed E-state index contributed by atoms with van der Waals surface area (Å²) in [7, 11) is 3.26. The standard InChI is InChI=1S/C27H49N3O9.C21H40N4O7/c1-8-9-15-10-11-17(30-25(33)39-26(3,4)5)23(36-15)37-20-14(2)12-16(28)21(18(20)31)38-24-19(32)22(29-7)27(6,34)13-35-24;1-4-5-10-6-7-11(22)19(30-10)31-16-12(23)8-13(24)17(14(16)26)32-20-15(27)18(25-3)21(2,28)9-29-20/h10,14,16-24,29,31-32,34H,8-9,11-13,28H2,1-7H3,(H,30,33);6,11-20,25-28H,4-5,7-9,22-24H2,1-3H3/t14-,16+,17+,18-,19+,20+,21-,22+,23+,24+,27-;11-,12+,13-,14+,15-,16-,17+,18-,19-,20-,21+/m01/s1. The first-order valence-electron chi connectivity index (χ1n) is 25.3. The van der Waals surface area contributed by atoms with Crippen LogP contribution in [0.2, 0.25) is 0 Å². The maximum absolute atomic E-state index is 12.5. The Bertz CT molecular complexity index is 1740. The molecule has 6 aliphatic rings. The molecule has 0 radical (unpaired) electrons. The molecule has 0 aromatic heterocycles. The van der Waals surface area contributed by atoms with Crippen molar-refractivity contribution in [1.82, 2.24) is 16.0 Å². The molecule has 22 atom stereocenters. The van der Waals surface area contributed by atoms with E-state index in [1.54, 1.807) is 48.7 Å². The molecule has 0 spiro atoms. The highest BCUT2D eigenvalue weighted by atomic mass is 16.7. The van der Waals surface area contributed by atoms with E-state index in [4.69, 9.17) is 65.6 Å². The first-order chi connectivity index (χ1) is 33.2. The SMILES string of the molecule is CCCC1=CC[C@@H](N)[C@@H](O[C@H]2[C@H](O)[C@@H](O[C@H]3OC[C@](C)(O)[C@H](NC)[C@H]3O)[C@H](N)C[C@@H]2N)O1.CCCC1=CC[C@@H](NC(=O)OC(C)(C)C)[C@@H](O[C@H]2[C@H](O)[C@@H](O[C@H]3OC[C@](C)(O)[C@H](NC)[C@H]3O)[C@H](N)C[C@@H]2C)O1. The lowest BCUT2D eigenvalue weighted by molar-refractivity contribution is -0.305.